The van der Waals surface area contributed by atoms with Gasteiger partial charge in [-0.25, -0.2) is 4.79 Å². The number of nitrogens with one attached hydrogen (secondary N) is 1. The summed E-state index contributed by atoms with van der Waals surface area (Å²) >= 11 is 6.22. The molecule has 0 amide bonds. The summed E-state index contributed by atoms with van der Waals surface area (Å²) in [4.78, 5) is 11.1. The fourth-order valence-electron chi connectivity index (χ4n) is 4.35. The number of carbonyl (C=O) groups is 1. The maximum atomic E-state index is 11.1. The van der Waals surface area contributed by atoms with Crippen molar-refractivity contribution in [1.29, 1.82) is 0 Å². The molecule has 1 aliphatic heterocycles. The van der Waals surface area contributed by atoms with Crippen molar-refractivity contribution in [3.63, 3.8) is 0 Å². The first-order valence-electron chi connectivity index (χ1n) is 8.53. The van der Waals surface area contributed by atoms with Crippen LogP contribution in [0.1, 0.15) is 59.1 Å². The highest BCUT2D eigenvalue weighted by molar-refractivity contribution is 6.30. The van der Waals surface area contributed by atoms with Crippen molar-refractivity contribution in [1.82, 2.24) is 0 Å². The van der Waals surface area contributed by atoms with Crippen molar-refractivity contribution in [2.45, 2.75) is 37.6 Å². The van der Waals surface area contributed by atoms with E-state index >= 15 is 0 Å². The van der Waals surface area contributed by atoms with Crippen LogP contribution in [-0.2, 0) is 0 Å². The van der Waals surface area contributed by atoms with Gasteiger partial charge < -0.3 is 10.4 Å². The van der Waals surface area contributed by atoms with Gasteiger partial charge in [-0.15, -0.1) is 0 Å². The lowest BCUT2D eigenvalue weighted by Crippen LogP contribution is -2.33. The Bertz CT molecular complexity index is 772. The molecule has 0 bridgehead atoms. The van der Waals surface area contributed by atoms with Crippen LogP contribution in [0, 0.1) is 5.92 Å². The smallest absolute Gasteiger partial charge is 0.335 e. The van der Waals surface area contributed by atoms with E-state index < -0.39 is 5.97 Å². The Kier molecular flexibility index (Phi) is 3.97. The predicted octanol–water partition coefficient (Wildman–Crippen LogP) is 5.48. The molecule has 0 saturated heterocycles. The largest absolute Gasteiger partial charge is 0.478 e. The van der Waals surface area contributed by atoms with Crippen LogP contribution in [0.4, 0.5) is 5.69 Å². The van der Waals surface area contributed by atoms with Gasteiger partial charge >= 0.3 is 5.97 Å². The number of carboxylic acids is 1. The average molecular weight is 342 g/mol. The molecule has 2 aromatic carbocycles. The molecule has 24 heavy (non-hydrogen) atoms. The van der Waals surface area contributed by atoms with E-state index in [4.69, 9.17) is 16.7 Å². The van der Waals surface area contributed by atoms with Crippen LogP contribution < -0.4 is 5.32 Å². The van der Waals surface area contributed by atoms with Crippen LogP contribution in [0.2, 0.25) is 5.02 Å². The molecule has 4 rings (SSSR count). The number of fused-ring (bicyclic) bond motifs is 3. The van der Waals surface area contributed by atoms with Gasteiger partial charge in [0.1, 0.15) is 0 Å². The van der Waals surface area contributed by atoms with Gasteiger partial charge in [-0.2, -0.15) is 0 Å². The van der Waals surface area contributed by atoms with Crippen molar-refractivity contribution in [3.05, 3.63) is 64.2 Å². The van der Waals surface area contributed by atoms with Crippen molar-refractivity contribution in [2.24, 2.45) is 5.92 Å². The summed E-state index contributed by atoms with van der Waals surface area (Å²) in [5.41, 5.74) is 4.00. The highest BCUT2D eigenvalue weighted by Gasteiger charge is 2.38. The summed E-state index contributed by atoms with van der Waals surface area (Å²) in [6, 6.07) is 13.6. The molecule has 1 saturated carbocycles. The van der Waals surface area contributed by atoms with E-state index in [9.17, 15) is 4.79 Å². The molecule has 0 spiro atoms. The molecule has 124 valence electrons. The molecule has 0 radical (unpaired) electrons. The lowest BCUT2D eigenvalue weighted by molar-refractivity contribution is 0.0697. The molecule has 2 N–H and O–H groups in total. The van der Waals surface area contributed by atoms with Gasteiger partial charge in [0, 0.05) is 10.7 Å². The Labute approximate surface area is 146 Å². The highest BCUT2D eigenvalue weighted by Crippen LogP contribution is 2.51. The minimum atomic E-state index is -0.881. The van der Waals surface area contributed by atoms with E-state index in [1.165, 1.54) is 31.2 Å². The van der Waals surface area contributed by atoms with Crippen molar-refractivity contribution >= 4 is 23.3 Å². The van der Waals surface area contributed by atoms with Gasteiger partial charge in [0.05, 0.1) is 11.6 Å². The van der Waals surface area contributed by atoms with Crippen molar-refractivity contribution < 1.29 is 9.90 Å². The maximum absolute atomic E-state index is 11.1. The van der Waals surface area contributed by atoms with E-state index in [1.807, 2.05) is 18.2 Å². The lowest BCUT2D eigenvalue weighted by atomic mass is 9.68. The molecular weight excluding hydrogens is 322 g/mol. The van der Waals surface area contributed by atoms with Crippen LogP contribution in [0.5, 0.6) is 0 Å². The maximum Gasteiger partial charge on any atom is 0.335 e. The minimum Gasteiger partial charge on any atom is -0.478 e. The molecule has 2 aliphatic rings. The highest BCUT2D eigenvalue weighted by atomic mass is 35.5. The quantitative estimate of drug-likeness (QED) is 0.760. The average Bonchev–Trinajstić information content (AvgIpc) is 2.61. The third-order valence-electron chi connectivity index (χ3n) is 5.49. The second kappa shape index (κ2) is 6.14. The molecule has 0 aromatic heterocycles. The first-order valence-corrected chi connectivity index (χ1v) is 8.90. The first kappa shape index (κ1) is 15.5. The summed E-state index contributed by atoms with van der Waals surface area (Å²) in [7, 11) is 0. The number of benzene rings is 2. The number of halogens is 1. The molecule has 1 fully saturated rings. The summed E-state index contributed by atoms with van der Waals surface area (Å²) in [5.74, 6) is 0.173. The number of hydrogen-bond acceptors (Lipinski definition) is 2. The Morgan fingerprint density at radius 1 is 1.08 bits per heavy atom. The van der Waals surface area contributed by atoms with Crippen molar-refractivity contribution in [3.8, 4) is 0 Å². The SMILES string of the molecule is O=C(O)c1ccc([C@@H]2Nc3ccc(Cl)cc3[C@@H]3CCCC[C@@H]32)cc1. The van der Waals surface area contributed by atoms with Gasteiger partial charge in [0.2, 0.25) is 0 Å². The first-order chi connectivity index (χ1) is 11.6. The number of carboxylic acid groups (broad SMARTS) is 1. The van der Waals surface area contributed by atoms with Crippen molar-refractivity contribution in [2.75, 3.05) is 5.32 Å². The van der Waals surface area contributed by atoms with Crippen LogP contribution in [0.15, 0.2) is 42.5 Å². The Hall–Kier alpha value is -2.00. The fraction of sp³-hybridized carbons (Fsp3) is 0.350. The molecule has 4 heteroatoms. The normalized spacial score (nSPS) is 25.3. The Morgan fingerprint density at radius 3 is 2.58 bits per heavy atom. The van der Waals surface area contributed by atoms with Gasteiger partial charge in [0.25, 0.3) is 0 Å². The molecule has 2 aromatic rings. The second-order valence-corrected chi connectivity index (χ2v) is 7.27. The zero-order valence-corrected chi connectivity index (χ0v) is 14.1. The number of hydrogen-bond donors (Lipinski definition) is 2. The Morgan fingerprint density at radius 2 is 1.83 bits per heavy atom. The molecule has 1 aliphatic carbocycles. The topological polar surface area (TPSA) is 49.3 Å². The van der Waals surface area contributed by atoms with Crippen LogP contribution in [-0.4, -0.2) is 11.1 Å². The third-order valence-corrected chi connectivity index (χ3v) is 5.72. The van der Waals surface area contributed by atoms with E-state index in [-0.39, 0.29) is 6.04 Å². The standard InChI is InChI=1S/C20H20ClNO2/c21-14-9-10-18-17(11-14)15-3-1-2-4-16(15)19(22-18)12-5-7-13(8-6-12)20(23)24/h5-11,15-16,19,22H,1-4H2,(H,23,24)/t15-,16+,19+/m1/s1. The molecule has 3 atom stereocenters. The predicted molar refractivity (Wildman–Crippen MR) is 95.9 cm³/mol. The van der Waals surface area contributed by atoms with Gasteiger partial charge in [-0.05, 0) is 66.1 Å². The number of aromatic carboxylic acids is 1. The summed E-state index contributed by atoms with van der Waals surface area (Å²) in [6.07, 6.45) is 4.90. The van der Waals surface area contributed by atoms with E-state index in [1.54, 1.807) is 12.1 Å². The van der Waals surface area contributed by atoms with Crippen LogP contribution in [0.3, 0.4) is 0 Å². The summed E-state index contributed by atoms with van der Waals surface area (Å²) in [5, 5.41) is 13.6. The fourth-order valence-corrected chi connectivity index (χ4v) is 4.54. The van der Waals surface area contributed by atoms with Gasteiger partial charge in [0.15, 0.2) is 0 Å². The van der Waals surface area contributed by atoms with E-state index in [0.717, 1.165) is 16.3 Å². The van der Waals surface area contributed by atoms with Gasteiger partial charge in [-0.1, -0.05) is 36.6 Å². The monoisotopic (exact) mass is 341 g/mol. The minimum absolute atomic E-state index is 0.229. The molecule has 3 nitrogen and oxygen atoms in total. The van der Waals surface area contributed by atoms with Crippen LogP contribution in [0.25, 0.3) is 0 Å². The Balaban J connectivity index is 1.73. The van der Waals surface area contributed by atoms with E-state index in [2.05, 4.69) is 17.4 Å². The van der Waals surface area contributed by atoms with Gasteiger partial charge in [-0.3, -0.25) is 0 Å². The molecule has 0 unspecified atom stereocenters. The zero-order valence-electron chi connectivity index (χ0n) is 13.3. The van der Waals surface area contributed by atoms with Crippen LogP contribution >= 0.6 is 11.6 Å². The second-order valence-electron chi connectivity index (χ2n) is 6.84. The number of rotatable bonds is 2. The zero-order chi connectivity index (χ0) is 16.7. The van der Waals surface area contributed by atoms with E-state index in [0.29, 0.717) is 17.4 Å². The lowest BCUT2D eigenvalue weighted by Gasteiger charge is -2.44. The molecule has 1 heterocycles. The summed E-state index contributed by atoms with van der Waals surface area (Å²) < 4.78 is 0. The molecular formula is C20H20ClNO2. The number of anilines is 1. The third kappa shape index (κ3) is 2.67. The summed E-state index contributed by atoms with van der Waals surface area (Å²) in [6.45, 7) is 0.